The zero-order valence-electron chi connectivity index (χ0n) is 28.2. The average molecular weight is 671 g/mol. The Morgan fingerprint density at radius 2 is 1.86 bits per heavy atom. The van der Waals surface area contributed by atoms with Crippen molar-refractivity contribution in [2.75, 3.05) is 38.7 Å². The normalized spacial score (nSPS) is 11.6. The van der Waals surface area contributed by atoms with Crippen LogP contribution in [-0.4, -0.2) is 56.4 Å². The number of allylic oxidation sites excluding steroid dienone is 2. The first kappa shape index (κ1) is 45.2. The van der Waals surface area contributed by atoms with E-state index in [0.717, 1.165) is 47.8 Å². The van der Waals surface area contributed by atoms with Crippen molar-refractivity contribution in [3.63, 3.8) is 0 Å². The molecule has 0 amide bonds. The summed E-state index contributed by atoms with van der Waals surface area (Å²) in [6.45, 7) is 22.6. The number of halogens is 1. The molecule has 0 aliphatic heterocycles. The maximum atomic E-state index is 14.1. The maximum Gasteiger partial charge on any atom is 3.00 e. The SMILES string of the molecule is C/C=C\N(C)C(Nc1ccc([C-]=O)c(C)c1)C(C)=N/C=C(\C)c1ccc(CC)c(F)c1.CC.[CH2-]COCCNCC.[CH3-].[Y+3]. The van der Waals surface area contributed by atoms with E-state index in [1.807, 2.05) is 103 Å². The molecule has 0 aliphatic rings. The summed E-state index contributed by atoms with van der Waals surface area (Å²) in [6.07, 6.45) is 8.10. The van der Waals surface area contributed by atoms with Crippen LogP contribution in [0.5, 0.6) is 0 Å². The molecule has 2 rings (SSSR count). The third kappa shape index (κ3) is 17.6. The van der Waals surface area contributed by atoms with Gasteiger partial charge in [-0.1, -0.05) is 71.6 Å². The Kier molecular flexibility index (Phi) is 28.8. The first-order chi connectivity index (χ1) is 19.7. The molecule has 2 N–H and O–H groups in total. The average Bonchev–Trinajstić information content (AvgIpc) is 2.98. The first-order valence-corrected chi connectivity index (χ1v) is 14.4. The van der Waals surface area contributed by atoms with E-state index in [1.54, 1.807) is 18.3 Å². The first-order valence-electron chi connectivity index (χ1n) is 14.4. The summed E-state index contributed by atoms with van der Waals surface area (Å²) < 4.78 is 19.1. The van der Waals surface area contributed by atoms with Gasteiger partial charge in [-0.05, 0) is 62.7 Å². The van der Waals surface area contributed by atoms with Gasteiger partial charge in [0, 0.05) is 25.5 Å². The molecule has 0 bridgehead atoms. The van der Waals surface area contributed by atoms with Gasteiger partial charge < -0.3 is 39.4 Å². The number of anilines is 1. The van der Waals surface area contributed by atoms with Crippen LogP contribution in [0.25, 0.3) is 5.57 Å². The summed E-state index contributed by atoms with van der Waals surface area (Å²) in [7, 11) is 1.96. The molecule has 0 saturated carbocycles. The largest absolute Gasteiger partial charge is 3.00 e. The predicted octanol–water partition coefficient (Wildman–Crippen LogP) is 7.80. The molecule has 2 aromatic rings. The van der Waals surface area contributed by atoms with E-state index in [2.05, 4.69) is 29.5 Å². The van der Waals surface area contributed by atoms with E-state index in [-0.39, 0.29) is 52.1 Å². The number of nitrogens with one attached hydrogen (secondary N) is 2. The summed E-state index contributed by atoms with van der Waals surface area (Å²) in [5.41, 5.74) is 5.54. The fraction of sp³-hybridized carbons (Fsp3) is 0.429. The van der Waals surface area contributed by atoms with Gasteiger partial charge in [0.25, 0.3) is 0 Å². The van der Waals surface area contributed by atoms with Gasteiger partial charge in [0.1, 0.15) is 12.0 Å². The van der Waals surface area contributed by atoms with Crippen LogP contribution in [0, 0.1) is 27.1 Å². The quantitative estimate of drug-likeness (QED) is 0.0930. The molecule has 0 spiro atoms. The number of likely N-dealkylation sites (N-methyl/N-ethyl adjacent to an activating group) is 1. The second-order valence-electron chi connectivity index (χ2n) is 9.03. The van der Waals surface area contributed by atoms with Gasteiger partial charge >= 0.3 is 32.7 Å². The molecule has 236 valence electrons. The number of nitrogens with zero attached hydrogens (tertiary/aromatic N) is 2. The topological polar surface area (TPSA) is 66.0 Å². The molecule has 2 aromatic carbocycles. The van der Waals surface area contributed by atoms with E-state index in [4.69, 9.17) is 4.74 Å². The van der Waals surface area contributed by atoms with Crippen LogP contribution >= 0.6 is 0 Å². The number of carbonyl (C=O) groups excluding carboxylic acids is 1. The number of ether oxygens (including phenoxy) is 1. The molecule has 1 atom stereocenters. The summed E-state index contributed by atoms with van der Waals surface area (Å²) in [4.78, 5) is 17.7. The monoisotopic (exact) mass is 670 g/mol. The second kappa shape index (κ2) is 27.4. The molecule has 0 fully saturated rings. The fourth-order valence-electron chi connectivity index (χ4n) is 3.69. The minimum Gasteiger partial charge on any atom is -0.412 e. The Bertz CT molecular complexity index is 1110. The molecular weight excluding hydrogens is 616 g/mol. The minimum atomic E-state index is -0.204. The molecule has 8 heteroatoms. The molecule has 0 aromatic heterocycles. The van der Waals surface area contributed by atoms with Crippen LogP contribution < -0.4 is 10.6 Å². The maximum absolute atomic E-state index is 14.1. The standard InChI is InChI=1S/C26H31FN3O.C6H14NO.C2H6.CH3.Y/c1-7-13-30(6)26(29-24-12-11-23(17-31)18(3)14-24)20(5)28-16-19(4)22-10-9-21(8-2)25(27)15-22;1-3-7-5-6-8-4-2;1-2;;/h7,9-16,26,29H,8H2,1-6H3;7H,2-6H2,1H3;1-2H3;1H3;/q2*-1;;-1;+3/b13-7-,19-16+,28-20?;;;;. The number of aliphatic imine (C=N–C) groups is 1. The number of benzene rings is 2. The molecule has 0 heterocycles. The number of aryl methyl sites for hydroxylation is 2. The van der Waals surface area contributed by atoms with Crippen molar-refractivity contribution in [1.29, 1.82) is 0 Å². The van der Waals surface area contributed by atoms with Crippen molar-refractivity contribution in [1.82, 2.24) is 10.2 Å². The number of hydrogen-bond acceptors (Lipinski definition) is 6. The van der Waals surface area contributed by atoms with Crippen LogP contribution in [0.15, 0.2) is 59.9 Å². The van der Waals surface area contributed by atoms with Crippen molar-refractivity contribution in [3.05, 3.63) is 97.3 Å². The Labute approximate surface area is 287 Å². The molecule has 1 unspecified atom stereocenters. The van der Waals surface area contributed by atoms with E-state index >= 15 is 0 Å². The van der Waals surface area contributed by atoms with Gasteiger partial charge in [0.15, 0.2) is 0 Å². The van der Waals surface area contributed by atoms with Gasteiger partial charge in [0.2, 0.25) is 0 Å². The summed E-state index contributed by atoms with van der Waals surface area (Å²) >= 11 is 0. The second-order valence-corrected chi connectivity index (χ2v) is 9.03. The van der Waals surface area contributed by atoms with Crippen molar-refractivity contribution in [3.8, 4) is 0 Å². The number of rotatable bonds is 14. The Morgan fingerprint density at radius 3 is 2.37 bits per heavy atom. The summed E-state index contributed by atoms with van der Waals surface area (Å²) in [5.74, 6) is -0.188. The van der Waals surface area contributed by atoms with Crippen molar-refractivity contribution in [2.45, 2.75) is 68.0 Å². The van der Waals surface area contributed by atoms with Gasteiger partial charge in [-0.2, -0.15) is 6.07 Å². The fourth-order valence-corrected chi connectivity index (χ4v) is 3.69. The molecule has 6 nitrogen and oxygen atoms in total. The molecule has 0 radical (unpaired) electrons. The van der Waals surface area contributed by atoms with Crippen LogP contribution in [0.1, 0.15) is 70.7 Å². The van der Waals surface area contributed by atoms with Crippen molar-refractivity contribution < 1.29 is 46.6 Å². The van der Waals surface area contributed by atoms with Crippen LogP contribution in [0.2, 0.25) is 0 Å². The van der Waals surface area contributed by atoms with Crippen LogP contribution in [-0.2, 0) is 48.7 Å². The van der Waals surface area contributed by atoms with Gasteiger partial charge in [-0.15, -0.1) is 11.1 Å². The molecule has 0 aliphatic carbocycles. The third-order valence-electron chi connectivity index (χ3n) is 6.00. The Hall–Kier alpha value is -2.19. The zero-order valence-corrected chi connectivity index (χ0v) is 31.0. The minimum absolute atomic E-state index is 0. The number of hydrogen-bond donors (Lipinski definition) is 2. The zero-order chi connectivity index (χ0) is 31.2. The van der Waals surface area contributed by atoms with Gasteiger partial charge in [-0.3, -0.25) is 4.99 Å². The van der Waals surface area contributed by atoms with Crippen molar-refractivity contribution in [2.24, 2.45) is 4.99 Å². The van der Waals surface area contributed by atoms with E-state index in [9.17, 15) is 9.18 Å². The van der Waals surface area contributed by atoms with E-state index in [0.29, 0.717) is 24.2 Å². The van der Waals surface area contributed by atoms with Crippen LogP contribution in [0.3, 0.4) is 0 Å². The molecular formula is C35H54FN4O2Y. The van der Waals surface area contributed by atoms with Gasteiger partial charge in [-0.25, -0.2) is 4.39 Å². The third-order valence-corrected chi connectivity index (χ3v) is 6.00. The van der Waals surface area contributed by atoms with E-state index < -0.39 is 0 Å². The summed E-state index contributed by atoms with van der Waals surface area (Å²) in [6, 6.07) is 10.8. The van der Waals surface area contributed by atoms with Gasteiger partial charge in [0.05, 0.1) is 18.6 Å². The smallest absolute Gasteiger partial charge is 0.412 e. The van der Waals surface area contributed by atoms with Crippen LogP contribution in [0.4, 0.5) is 10.1 Å². The molecule has 43 heavy (non-hydrogen) atoms. The molecule has 0 saturated heterocycles. The summed E-state index contributed by atoms with van der Waals surface area (Å²) in [5, 5.41) is 6.60. The Morgan fingerprint density at radius 1 is 1.19 bits per heavy atom. The Balaban J connectivity index is -0.00000116. The predicted molar refractivity (Wildman–Crippen MR) is 181 cm³/mol. The van der Waals surface area contributed by atoms with Crippen molar-refractivity contribution >= 4 is 23.3 Å². The van der Waals surface area contributed by atoms with E-state index in [1.165, 1.54) is 0 Å².